The van der Waals surface area contributed by atoms with Crippen LogP contribution in [0.15, 0.2) is 0 Å². The van der Waals surface area contributed by atoms with Gasteiger partial charge in [0, 0.05) is 13.8 Å². The first-order valence-corrected chi connectivity index (χ1v) is 19.6. The highest BCUT2D eigenvalue weighted by Crippen LogP contribution is 2.35. The van der Waals surface area contributed by atoms with Gasteiger partial charge in [0.25, 0.3) is 0 Å². The van der Waals surface area contributed by atoms with E-state index in [2.05, 4.69) is 10.6 Å². The second kappa shape index (κ2) is 22.0. The van der Waals surface area contributed by atoms with Gasteiger partial charge in [-0.2, -0.15) is 0 Å². The molecule has 5 heterocycles. The zero-order chi connectivity index (χ0) is 45.9. The Morgan fingerprint density at radius 3 is 1.16 bits per heavy atom. The van der Waals surface area contributed by atoms with Crippen LogP contribution in [0.5, 0.6) is 0 Å². The lowest BCUT2D eigenvalue weighted by molar-refractivity contribution is -0.389. The molecule has 0 aliphatic carbocycles. The zero-order valence-electron chi connectivity index (χ0n) is 33.2. The lowest BCUT2D eigenvalue weighted by Crippen LogP contribution is -2.70. The Labute approximate surface area is 351 Å². The van der Waals surface area contributed by atoms with Crippen LogP contribution in [0.3, 0.4) is 0 Å². The fourth-order valence-electron chi connectivity index (χ4n) is 7.83. The number of hydrogen-bond acceptors (Lipinski definition) is 26. The second-order valence-corrected chi connectivity index (χ2v) is 15.4. The lowest BCUT2D eigenvalue weighted by Gasteiger charge is -2.50. The molecule has 0 aromatic carbocycles. The average Bonchev–Trinajstić information content (AvgIpc) is 3.23. The van der Waals surface area contributed by atoms with Crippen molar-refractivity contribution in [3.63, 3.8) is 0 Å². The average molecular weight is 911 g/mol. The molecule has 5 aliphatic rings. The standard InChI is InChI=1S/C34H58N2O26/c1-8(42)35-15-20(47)26(13(6-40)54-30(15)53)59-31-16(36-9(2)43)21(48)27(14(7-41)58-31)60-33-24(51)29(19(46)11(4-38)56-33)62-34-25(52)28(18(45)12(5-39)57-34)61-32-23(50)22(49)17(44)10(3-37)55-32/h10-34,37-41,44-53H,3-7H2,1-2H3,(H,35,42)(H,36,43)/t10-,11-,12-,13-,14-,15-,16-,17-,18-,19-,20-,21-,22+,23+,24+,25+,26-,27-,28+,29+,30-,31+,32-,33+,34-/m1/s1. The Bertz CT molecular complexity index is 1440. The summed E-state index contributed by atoms with van der Waals surface area (Å²) in [4.78, 5) is 24.1. The summed E-state index contributed by atoms with van der Waals surface area (Å²) in [6.45, 7) is -2.49. The van der Waals surface area contributed by atoms with Crippen molar-refractivity contribution in [1.82, 2.24) is 10.6 Å². The van der Waals surface area contributed by atoms with Crippen molar-refractivity contribution in [2.75, 3.05) is 33.0 Å². The quantitative estimate of drug-likeness (QED) is 0.0725. The molecular formula is C34H58N2O26. The minimum Gasteiger partial charge on any atom is -0.394 e. The van der Waals surface area contributed by atoms with Crippen LogP contribution in [-0.2, 0) is 52.2 Å². The van der Waals surface area contributed by atoms with Crippen molar-refractivity contribution in [1.29, 1.82) is 0 Å². The molecule has 25 atom stereocenters. The summed E-state index contributed by atoms with van der Waals surface area (Å²) in [5.41, 5.74) is 0. The van der Waals surface area contributed by atoms with Gasteiger partial charge in [0.05, 0.1) is 33.0 Å². The Hall–Kier alpha value is -2.02. The van der Waals surface area contributed by atoms with Crippen molar-refractivity contribution in [2.45, 2.75) is 167 Å². The molecule has 28 heteroatoms. The van der Waals surface area contributed by atoms with E-state index in [0.29, 0.717) is 0 Å². The van der Waals surface area contributed by atoms with Crippen molar-refractivity contribution in [3.05, 3.63) is 0 Å². The van der Waals surface area contributed by atoms with E-state index in [1.807, 2.05) is 0 Å². The van der Waals surface area contributed by atoms with Crippen LogP contribution in [0, 0.1) is 0 Å². The number of rotatable bonds is 15. The minimum absolute atomic E-state index is 0.685. The SMILES string of the molecule is CC(=O)N[C@@H]1[C@@H](O)[C@H](O[C@@H]2O[C@H](CO)[C@@H](O[C@@H]3O[C@H](CO)[C@@H](O)[C@H](O[C@H]4O[C@H](CO)[C@@H](O)[C@H](O[C@H]5O[C@H](CO)[C@@H](O)[C@H](O)[C@@H]5O)[C@@H]4O)[C@@H]3O)[C@H](O)[C@H]2NC(C)=O)[C@@H](CO)O[C@H]1O. The number of nitrogens with one attached hydrogen (secondary N) is 2. The number of ether oxygens (including phenoxy) is 9. The predicted octanol–water partition coefficient (Wildman–Crippen LogP) is -11.6. The van der Waals surface area contributed by atoms with Gasteiger partial charge in [-0.3, -0.25) is 9.59 Å². The molecule has 0 aromatic heterocycles. The van der Waals surface area contributed by atoms with Crippen molar-refractivity contribution in [3.8, 4) is 0 Å². The van der Waals surface area contributed by atoms with E-state index >= 15 is 0 Å². The fourth-order valence-corrected chi connectivity index (χ4v) is 7.83. The first kappa shape index (κ1) is 51.0. The molecule has 5 fully saturated rings. The highest BCUT2D eigenvalue weighted by Gasteiger charge is 2.57. The summed E-state index contributed by atoms with van der Waals surface area (Å²) in [6.07, 6.45) is -42.4. The summed E-state index contributed by atoms with van der Waals surface area (Å²) in [5.74, 6) is -1.47. The smallest absolute Gasteiger partial charge is 0.217 e. The number of aliphatic hydroxyl groups excluding tert-OH is 15. The third-order valence-corrected chi connectivity index (χ3v) is 11.1. The molecule has 5 saturated heterocycles. The van der Waals surface area contributed by atoms with E-state index < -0.39 is 198 Å². The van der Waals surface area contributed by atoms with Crippen LogP contribution in [0.4, 0.5) is 0 Å². The molecule has 17 N–H and O–H groups in total. The summed E-state index contributed by atoms with van der Waals surface area (Å²) in [5, 5.41) is 163. The van der Waals surface area contributed by atoms with E-state index in [1.165, 1.54) is 0 Å². The van der Waals surface area contributed by atoms with Crippen molar-refractivity contribution < 1.29 is 129 Å². The van der Waals surface area contributed by atoms with Crippen LogP contribution < -0.4 is 10.6 Å². The van der Waals surface area contributed by atoms with E-state index in [9.17, 15) is 86.2 Å². The van der Waals surface area contributed by atoms with Crippen LogP contribution >= 0.6 is 0 Å². The molecule has 0 saturated carbocycles. The maximum absolute atomic E-state index is 12.4. The lowest BCUT2D eigenvalue weighted by atomic mass is 9.94. The topological polar surface area (TPSA) is 445 Å². The van der Waals surface area contributed by atoms with E-state index in [1.54, 1.807) is 0 Å². The molecule has 0 bridgehead atoms. The second-order valence-electron chi connectivity index (χ2n) is 15.4. The van der Waals surface area contributed by atoms with E-state index in [4.69, 9.17) is 42.6 Å². The van der Waals surface area contributed by atoms with Gasteiger partial charge in [0.1, 0.15) is 122 Å². The zero-order valence-corrected chi connectivity index (χ0v) is 33.2. The van der Waals surface area contributed by atoms with E-state index in [0.717, 1.165) is 13.8 Å². The number of carbonyl (C=O) groups excluding carboxylic acids is 2. The molecule has 2 amide bonds. The first-order chi connectivity index (χ1) is 29.3. The van der Waals surface area contributed by atoms with Gasteiger partial charge < -0.3 is 130 Å². The van der Waals surface area contributed by atoms with Crippen molar-refractivity contribution in [2.24, 2.45) is 0 Å². The number of carbonyl (C=O) groups is 2. The van der Waals surface area contributed by atoms with Gasteiger partial charge in [-0.05, 0) is 0 Å². The van der Waals surface area contributed by atoms with Gasteiger partial charge in [0.2, 0.25) is 11.8 Å². The highest BCUT2D eigenvalue weighted by molar-refractivity contribution is 5.73. The van der Waals surface area contributed by atoms with Crippen LogP contribution in [0.2, 0.25) is 0 Å². The summed E-state index contributed by atoms with van der Waals surface area (Å²) in [6, 6.07) is -3.15. The van der Waals surface area contributed by atoms with Gasteiger partial charge in [-0.1, -0.05) is 0 Å². The Balaban J connectivity index is 1.35. The molecule has 0 spiro atoms. The molecule has 5 aliphatic heterocycles. The maximum Gasteiger partial charge on any atom is 0.217 e. The number of aliphatic hydroxyl groups is 15. The molecule has 0 unspecified atom stereocenters. The number of hydrogen-bond donors (Lipinski definition) is 17. The van der Waals surface area contributed by atoms with Gasteiger partial charge >= 0.3 is 0 Å². The Kier molecular flexibility index (Phi) is 18.1. The third-order valence-electron chi connectivity index (χ3n) is 11.1. The van der Waals surface area contributed by atoms with Crippen molar-refractivity contribution >= 4 is 11.8 Å². The summed E-state index contributed by atoms with van der Waals surface area (Å²) < 4.78 is 50.6. The molecular weight excluding hydrogens is 852 g/mol. The fraction of sp³-hybridized carbons (Fsp3) is 0.941. The summed E-state index contributed by atoms with van der Waals surface area (Å²) in [7, 11) is 0. The Morgan fingerprint density at radius 1 is 0.387 bits per heavy atom. The largest absolute Gasteiger partial charge is 0.394 e. The molecule has 360 valence electrons. The minimum atomic E-state index is -2.16. The van der Waals surface area contributed by atoms with Gasteiger partial charge in [0.15, 0.2) is 31.5 Å². The third kappa shape index (κ3) is 10.8. The highest BCUT2D eigenvalue weighted by atomic mass is 16.8. The first-order valence-electron chi connectivity index (χ1n) is 19.6. The maximum atomic E-state index is 12.4. The van der Waals surface area contributed by atoms with Gasteiger partial charge in [-0.25, -0.2) is 0 Å². The molecule has 0 radical (unpaired) electrons. The van der Waals surface area contributed by atoms with Crippen LogP contribution in [-0.4, -0.2) is 275 Å². The normalized spacial score (nSPS) is 49.0. The predicted molar refractivity (Wildman–Crippen MR) is 190 cm³/mol. The molecule has 5 rings (SSSR count). The van der Waals surface area contributed by atoms with E-state index in [-0.39, 0.29) is 0 Å². The molecule has 0 aromatic rings. The summed E-state index contributed by atoms with van der Waals surface area (Å²) >= 11 is 0. The van der Waals surface area contributed by atoms with Crippen LogP contribution in [0.25, 0.3) is 0 Å². The molecule has 28 nitrogen and oxygen atoms in total. The Morgan fingerprint density at radius 2 is 0.726 bits per heavy atom. The van der Waals surface area contributed by atoms with Crippen LogP contribution in [0.1, 0.15) is 13.8 Å². The monoisotopic (exact) mass is 910 g/mol. The number of amides is 2. The molecule has 62 heavy (non-hydrogen) atoms. The van der Waals surface area contributed by atoms with Gasteiger partial charge in [-0.15, -0.1) is 0 Å².